The number of likely N-dealkylation sites (tertiary alicyclic amines) is 1. The molecule has 1 saturated carbocycles. The summed E-state index contributed by atoms with van der Waals surface area (Å²) in [6.07, 6.45) is 2.08. The van der Waals surface area contributed by atoms with E-state index in [-0.39, 0.29) is 16.8 Å². The molecule has 2 fully saturated rings. The fourth-order valence-corrected chi connectivity index (χ4v) is 5.73. The van der Waals surface area contributed by atoms with E-state index < -0.39 is 10.0 Å². The highest BCUT2D eigenvalue weighted by Gasteiger charge is 2.43. The molecule has 3 rings (SSSR count). The quantitative estimate of drug-likeness (QED) is 0.880. The molecule has 2 heterocycles. The number of hydrogen-bond acceptors (Lipinski definition) is 5. The van der Waals surface area contributed by atoms with Crippen LogP contribution in [0.3, 0.4) is 0 Å². The Labute approximate surface area is 134 Å². The summed E-state index contributed by atoms with van der Waals surface area (Å²) in [5.74, 6) is 0.641. The Morgan fingerprint density at radius 3 is 2.73 bits per heavy atom. The molecule has 3 atom stereocenters. The van der Waals surface area contributed by atoms with Gasteiger partial charge in [0.15, 0.2) is 0 Å². The number of carbonyl (C=O) groups excluding carboxylic acids is 1. The molecule has 8 heteroatoms. The highest BCUT2D eigenvalue weighted by Crippen LogP contribution is 2.38. The molecule has 2 aliphatic rings. The summed E-state index contributed by atoms with van der Waals surface area (Å²) in [6.45, 7) is 1.33. The van der Waals surface area contributed by atoms with Crippen molar-refractivity contribution in [1.29, 1.82) is 0 Å². The number of fused-ring (bicyclic) bond motifs is 1. The number of thiophene rings is 1. The molecule has 22 heavy (non-hydrogen) atoms. The van der Waals surface area contributed by atoms with Gasteiger partial charge in [-0.05, 0) is 36.1 Å². The van der Waals surface area contributed by atoms with E-state index in [0.717, 1.165) is 17.1 Å². The summed E-state index contributed by atoms with van der Waals surface area (Å²) < 4.78 is 25.8. The van der Waals surface area contributed by atoms with Crippen LogP contribution in [-0.4, -0.2) is 56.8 Å². The first kappa shape index (κ1) is 15.9. The molecule has 1 aliphatic heterocycles. The lowest BCUT2D eigenvalue weighted by Gasteiger charge is -2.19. The highest BCUT2D eigenvalue weighted by molar-refractivity contribution is 7.89. The van der Waals surface area contributed by atoms with Gasteiger partial charge in [0.1, 0.15) is 9.77 Å². The molecule has 0 spiro atoms. The van der Waals surface area contributed by atoms with Crippen LogP contribution in [0.5, 0.6) is 0 Å². The van der Waals surface area contributed by atoms with Crippen LogP contribution in [0, 0.1) is 11.8 Å². The normalized spacial score (nSPS) is 28.4. The molecule has 2 N–H and O–H groups in total. The summed E-state index contributed by atoms with van der Waals surface area (Å²) in [7, 11) is -0.651. The van der Waals surface area contributed by atoms with Gasteiger partial charge < -0.3 is 10.6 Å². The number of carbonyl (C=O) groups is 1. The maximum absolute atomic E-state index is 12.7. The van der Waals surface area contributed by atoms with Crippen molar-refractivity contribution in [2.45, 2.75) is 23.8 Å². The summed E-state index contributed by atoms with van der Waals surface area (Å²) in [5, 5.41) is 1.66. The van der Waals surface area contributed by atoms with Crippen LogP contribution in [0.25, 0.3) is 0 Å². The van der Waals surface area contributed by atoms with E-state index in [9.17, 15) is 13.2 Å². The van der Waals surface area contributed by atoms with Gasteiger partial charge in [0.05, 0.1) is 0 Å². The second kappa shape index (κ2) is 5.59. The molecule has 3 unspecified atom stereocenters. The third-order valence-electron chi connectivity index (χ3n) is 4.78. The number of nitrogens with two attached hydrogens (primary N) is 1. The lowest BCUT2D eigenvalue weighted by molar-refractivity contribution is 0.0781. The maximum Gasteiger partial charge on any atom is 0.265 e. The second-order valence-electron chi connectivity index (χ2n) is 6.28. The molecule has 0 bridgehead atoms. The Kier molecular flexibility index (Phi) is 4.05. The summed E-state index contributed by atoms with van der Waals surface area (Å²) >= 11 is 1.19. The minimum atomic E-state index is -3.60. The van der Waals surface area contributed by atoms with Crippen molar-refractivity contribution in [2.24, 2.45) is 17.6 Å². The number of rotatable bonds is 3. The lowest BCUT2D eigenvalue weighted by atomic mass is 9.98. The fourth-order valence-electron chi connectivity index (χ4n) is 3.47. The van der Waals surface area contributed by atoms with Gasteiger partial charge in [-0.3, -0.25) is 4.79 Å². The first-order valence-corrected chi connectivity index (χ1v) is 9.69. The second-order valence-corrected chi connectivity index (χ2v) is 9.31. The van der Waals surface area contributed by atoms with Gasteiger partial charge >= 0.3 is 0 Å². The molecule has 1 aromatic rings. The van der Waals surface area contributed by atoms with Gasteiger partial charge in [-0.1, -0.05) is 0 Å². The molecular formula is C14H21N3O3S2. The molecule has 122 valence electrons. The van der Waals surface area contributed by atoms with Crippen LogP contribution in [0.2, 0.25) is 0 Å². The molecule has 0 aromatic carbocycles. The van der Waals surface area contributed by atoms with E-state index in [1.165, 1.54) is 31.5 Å². The third kappa shape index (κ3) is 2.47. The Morgan fingerprint density at radius 2 is 2.09 bits per heavy atom. The molecule has 1 amide bonds. The van der Waals surface area contributed by atoms with Gasteiger partial charge in [0.25, 0.3) is 5.91 Å². The SMILES string of the molecule is CN(C)S(=O)(=O)c1ccsc1C(=O)N1CC2CCC(N)C2C1. The molecule has 0 radical (unpaired) electrons. The summed E-state index contributed by atoms with van der Waals surface area (Å²) in [5.41, 5.74) is 6.10. The largest absolute Gasteiger partial charge is 0.337 e. The van der Waals surface area contributed by atoms with Gasteiger partial charge in [-0.15, -0.1) is 11.3 Å². The molecule has 1 aromatic heterocycles. The first-order chi connectivity index (χ1) is 10.3. The number of nitrogens with zero attached hydrogens (tertiary/aromatic N) is 2. The Balaban J connectivity index is 1.85. The van der Waals surface area contributed by atoms with Gasteiger partial charge in [-0.2, -0.15) is 0 Å². The highest BCUT2D eigenvalue weighted by atomic mass is 32.2. The zero-order valence-corrected chi connectivity index (χ0v) is 14.4. The first-order valence-electron chi connectivity index (χ1n) is 7.37. The van der Waals surface area contributed by atoms with Gasteiger partial charge in [0, 0.05) is 33.2 Å². The summed E-state index contributed by atoms with van der Waals surface area (Å²) in [4.78, 5) is 14.9. The zero-order chi connectivity index (χ0) is 16.1. The maximum atomic E-state index is 12.7. The zero-order valence-electron chi connectivity index (χ0n) is 12.7. The van der Waals surface area contributed by atoms with Crippen molar-refractivity contribution < 1.29 is 13.2 Å². The smallest absolute Gasteiger partial charge is 0.265 e. The average molecular weight is 343 g/mol. The van der Waals surface area contributed by atoms with Crippen molar-refractivity contribution in [2.75, 3.05) is 27.2 Å². The molecular weight excluding hydrogens is 322 g/mol. The van der Waals surface area contributed by atoms with Crippen LogP contribution in [0.1, 0.15) is 22.5 Å². The summed E-state index contributed by atoms with van der Waals surface area (Å²) in [6, 6.07) is 1.67. The number of amides is 1. The van der Waals surface area contributed by atoms with E-state index in [1.54, 1.807) is 10.3 Å². The van der Waals surface area contributed by atoms with Crippen LogP contribution in [0.15, 0.2) is 16.3 Å². The minimum Gasteiger partial charge on any atom is -0.337 e. The van der Waals surface area contributed by atoms with Crippen LogP contribution in [0.4, 0.5) is 0 Å². The van der Waals surface area contributed by atoms with Crippen molar-refractivity contribution in [3.05, 3.63) is 16.3 Å². The van der Waals surface area contributed by atoms with Crippen molar-refractivity contribution in [3.8, 4) is 0 Å². The molecule has 1 aliphatic carbocycles. The van der Waals surface area contributed by atoms with Gasteiger partial charge in [-0.25, -0.2) is 12.7 Å². The van der Waals surface area contributed by atoms with Crippen LogP contribution < -0.4 is 5.73 Å². The monoisotopic (exact) mass is 343 g/mol. The minimum absolute atomic E-state index is 0.105. The molecule has 6 nitrogen and oxygen atoms in total. The lowest BCUT2D eigenvalue weighted by Crippen LogP contribution is -2.34. The predicted molar refractivity (Wildman–Crippen MR) is 85.3 cm³/mol. The predicted octanol–water partition coefficient (Wildman–Crippen LogP) is 0.808. The van der Waals surface area contributed by atoms with Crippen molar-refractivity contribution >= 4 is 27.3 Å². The number of hydrogen-bond donors (Lipinski definition) is 1. The van der Waals surface area contributed by atoms with Crippen molar-refractivity contribution in [3.63, 3.8) is 0 Å². The standard InChI is InChI=1S/C14H21N3O3S2/c1-16(2)22(19,20)12-5-6-21-13(12)14(18)17-7-9-3-4-11(15)10(9)8-17/h5-6,9-11H,3-4,7-8,15H2,1-2H3. The van der Waals surface area contributed by atoms with E-state index in [1.807, 2.05) is 0 Å². The topological polar surface area (TPSA) is 83.7 Å². The fraction of sp³-hybridized carbons (Fsp3) is 0.643. The average Bonchev–Trinajstić information content (AvgIpc) is 3.15. The van der Waals surface area contributed by atoms with E-state index in [0.29, 0.717) is 29.8 Å². The van der Waals surface area contributed by atoms with E-state index in [4.69, 9.17) is 5.73 Å². The van der Waals surface area contributed by atoms with E-state index >= 15 is 0 Å². The van der Waals surface area contributed by atoms with Crippen LogP contribution in [-0.2, 0) is 10.0 Å². The van der Waals surface area contributed by atoms with Gasteiger partial charge in [0.2, 0.25) is 10.0 Å². The van der Waals surface area contributed by atoms with E-state index in [2.05, 4.69) is 0 Å². The van der Waals surface area contributed by atoms with Crippen molar-refractivity contribution in [1.82, 2.24) is 9.21 Å². The molecule has 1 saturated heterocycles. The Bertz CT molecular complexity index is 683. The third-order valence-corrected chi connectivity index (χ3v) is 7.67. The number of sulfonamides is 1. The Hall–Kier alpha value is -0.960. The van der Waals surface area contributed by atoms with Crippen LogP contribution >= 0.6 is 11.3 Å². The Morgan fingerprint density at radius 1 is 1.36 bits per heavy atom.